The first-order chi connectivity index (χ1) is 7.18. The van der Waals surface area contributed by atoms with Crippen molar-refractivity contribution in [2.45, 2.75) is 37.6 Å². The number of halogens is 2. The van der Waals surface area contributed by atoms with E-state index in [9.17, 15) is 0 Å². The molecule has 1 aromatic rings. The van der Waals surface area contributed by atoms with Gasteiger partial charge in [-0.25, -0.2) is 0 Å². The van der Waals surface area contributed by atoms with E-state index in [4.69, 9.17) is 23.2 Å². The zero-order valence-corrected chi connectivity index (χ0v) is 10.1. The van der Waals surface area contributed by atoms with Gasteiger partial charge in [0.15, 0.2) is 0 Å². The average Bonchev–Trinajstić information content (AvgIpc) is 2.60. The number of aromatic nitrogens is 1. The van der Waals surface area contributed by atoms with Crippen LogP contribution in [-0.4, -0.2) is 16.4 Å². The normalized spacial score (nSPS) is 25.5. The van der Waals surface area contributed by atoms with Crippen LogP contribution in [0.4, 0.5) is 5.69 Å². The number of nitrogens with zero attached hydrogens (tertiary/aromatic N) is 1. The molecule has 2 atom stereocenters. The van der Waals surface area contributed by atoms with Crippen LogP contribution in [0.25, 0.3) is 0 Å². The molecule has 1 fully saturated rings. The number of rotatable bonds is 2. The summed E-state index contributed by atoms with van der Waals surface area (Å²) in [5, 5.41) is 4.32. The Morgan fingerprint density at radius 1 is 1.47 bits per heavy atom. The van der Waals surface area contributed by atoms with E-state index in [-0.39, 0.29) is 5.38 Å². The Balaban J connectivity index is 2.13. The molecule has 1 saturated carbocycles. The molecule has 0 spiro atoms. The molecule has 0 radical (unpaired) electrons. The lowest BCUT2D eigenvalue weighted by atomic mass is 10.2. The summed E-state index contributed by atoms with van der Waals surface area (Å²) in [7, 11) is 0. The van der Waals surface area contributed by atoms with Gasteiger partial charge in [-0.3, -0.25) is 4.98 Å². The highest BCUT2D eigenvalue weighted by molar-refractivity contribution is 6.33. The molecule has 2 nitrogen and oxygen atoms in total. The lowest BCUT2D eigenvalue weighted by Gasteiger charge is -2.18. The number of anilines is 1. The summed E-state index contributed by atoms with van der Waals surface area (Å²) < 4.78 is 0. The standard InChI is InChI=1S/C11H14Cl2N2/c1-7-11(13)10(5-6-14-7)15-9-4-2-3-8(9)12/h5-6,8-9H,2-4H2,1H3,(H,14,15). The minimum Gasteiger partial charge on any atom is -0.380 e. The molecule has 2 rings (SSSR count). The SMILES string of the molecule is Cc1nccc(NC2CCCC2Cl)c1Cl. The number of hydrogen-bond acceptors (Lipinski definition) is 2. The maximum Gasteiger partial charge on any atom is 0.0849 e. The van der Waals surface area contributed by atoms with Crippen molar-refractivity contribution in [2.24, 2.45) is 0 Å². The maximum atomic E-state index is 6.20. The second kappa shape index (κ2) is 4.58. The first-order valence-electron chi connectivity index (χ1n) is 5.20. The molecule has 1 aliphatic rings. The fraction of sp³-hybridized carbons (Fsp3) is 0.545. The lowest BCUT2D eigenvalue weighted by Crippen LogP contribution is -2.24. The van der Waals surface area contributed by atoms with Crippen molar-refractivity contribution < 1.29 is 0 Å². The van der Waals surface area contributed by atoms with E-state index in [1.807, 2.05) is 13.0 Å². The summed E-state index contributed by atoms with van der Waals surface area (Å²) in [6.07, 6.45) is 5.15. The highest BCUT2D eigenvalue weighted by atomic mass is 35.5. The number of pyridine rings is 1. The van der Waals surface area contributed by atoms with Gasteiger partial charge < -0.3 is 5.32 Å². The third-order valence-electron chi connectivity index (χ3n) is 2.84. The highest BCUT2D eigenvalue weighted by Crippen LogP contribution is 2.30. The molecular formula is C11H14Cl2N2. The van der Waals surface area contributed by atoms with Gasteiger partial charge in [0.25, 0.3) is 0 Å². The molecule has 1 aliphatic carbocycles. The minimum atomic E-state index is 0.217. The number of nitrogens with one attached hydrogen (secondary N) is 1. The molecule has 0 aromatic carbocycles. The zero-order valence-electron chi connectivity index (χ0n) is 8.63. The summed E-state index contributed by atoms with van der Waals surface area (Å²) in [6, 6.07) is 2.24. The quantitative estimate of drug-likeness (QED) is 0.805. The number of hydrogen-bond donors (Lipinski definition) is 1. The number of alkyl halides is 1. The fourth-order valence-electron chi connectivity index (χ4n) is 1.94. The van der Waals surface area contributed by atoms with Gasteiger partial charge in [0.1, 0.15) is 0 Å². The summed E-state index contributed by atoms with van der Waals surface area (Å²) in [5.74, 6) is 0. The smallest absolute Gasteiger partial charge is 0.0849 e. The molecule has 15 heavy (non-hydrogen) atoms. The summed E-state index contributed by atoms with van der Waals surface area (Å²) in [5.41, 5.74) is 1.80. The fourth-order valence-corrected chi connectivity index (χ4v) is 2.45. The van der Waals surface area contributed by atoms with Gasteiger partial charge in [-0.2, -0.15) is 0 Å². The maximum absolute atomic E-state index is 6.20. The molecule has 0 amide bonds. The van der Waals surface area contributed by atoms with Crippen molar-refractivity contribution in [3.63, 3.8) is 0 Å². The van der Waals surface area contributed by atoms with E-state index in [1.54, 1.807) is 6.20 Å². The van der Waals surface area contributed by atoms with Crippen molar-refractivity contribution in [3.05, 3.63) is 23.0 Å². The average molecular weight is 245 g/mol. The highest BCUT2D eigenvalue weighted by Gasteiger charge is 2.25. The second-order valence-electron chi connectivity index (χ2n) is 3.96. The van der Waals surface area contributed by atoms with E-state index < -0.39 is 0 Å². The molecule has 4 heteroatoms. The van der Waals surface area contributed by atoms with Crippen molar-refractivity contribution in [3.8, 4) is 0 Å². The van der Waals surface area contributed by atoms with Gasteiger partial charge in [0, 0.05) is 12.2 Å². The van der Waals surface area contributed by atoms with Gasteiger partial charge in [0.05, 0.1) is 21.8 Å². The largest absolute Gasteiger partial charge is 0.380 e. The molecule has 0 bridgehead atoms. The van der Waals surface area contributed by atoms with Crippen LogP contribution in [0.2, 0.25) is 5.02 Å². The Bertz CT molecular complexity index is 354. The Labute approximate surface area is 100.0 Å². The molecule has 1 heterocycles. The summed E-state index contributed by atoms with van der Waals surface area (Å²) in [4.78, 5) is 4.13. The van der Waals surface area contributed by atoms with Crippen LogP contribution in [0.1, 0.15) is 25.0 Å². The molecular weight excluding hydrogens is 231 g/mol. The van der Waals surface area contributed by atoms with E-state index in [0.717, 1.165) is 24.2 Å². The Morgan fingerprint density at radius 3 is 2.93 bits per heavy atom. The molecule has 0 aliphatic heterocycles. The topological polar surface area (TPSA) is 24.9 Å². The summed E-state index contributed by atoms with van der Waals surface area (Å²) >= 11 is 12.4. The third kappa shape index (κ3) is 2.37. The molecule has 2 unspecified atom stereocenters. The predicted molar refractivity (Wildman–Crippen MR) is 64.9 cm³/mol. The van der Waals surface area contributed by atoms with Crippen molar-refractivity contribution in [1.29, 1.82) is 0 Å². The van der Waals surface area contributed by atoms with E-state index in [2.05, 4.69) is 10.3 Å². The van der Waals surface area contributed by atoms with E-state index in [1.165, 1.54) is 6.42 Å². The van der Waals surface area contributed by atoms with Gasteiger partial charge >= 0.3 is 0 Å². The van der Waals surface area contributed by atoms with Crippen LogP contribution in [0.15, 0.2) is 12.3 Å². The van der Waals surface area contributed by atoms with E-state index in [0.29, 0.717) is 11.1 Å². The molecule has 0 saturated heterocycles. The Morgan fingerprint density at radius 2 is 2.27 bits per heavy atom. The Kier molecular flexibility index (Phi) is 3.37. The van der Waals surface area contributed by atoms with Crippen LogP contribution in [-0.2, 0) is 0 Å². The first-order valence-corrected chi connectivity index (χ1v) is 6.01. The Hall–Kier alpha value is -0.470. The van der Waals surface area contributed by atoms with Gasteiger partial charge in [-0.05, 0) is 32.3 Å². The van der Waals surface area contributed by atoms with Crippen molar-refractivity contribution in [1.82, 2.24) is 4.98 Å². The van der Waals surface area contributed by atoms with Gasteiger partial charge in [0.2, 0.25) is 0 Å². The van der Waals surface area contributed by atoms with Crippen molar-refractivity contribution in [2.75, 3.05) is 5.32 Å². The lowest BCUT2D eigenvalue weighted by molar-refractivity contribution is 0.761. The monoisotopic (exact) mass is 244 g/mol. The van der Waals surface area contributed by atoms with E-state index >= 15 is 0 Å². The van der Waals surface area contributed by atoms with Crippen LogP contribution < -0.4 is 5.32 Å². The predicted octanol–water partition coefficient (Wildman–Crippen LogP) is 3.62. The molecule has 82 valence electrons. The van der Waals surface area contributed by atoms with Crippen molar-refractivity contribution >= 4 is 28.9 Å². The van der Waals surface area contributed by atoms with Gasteiger partial charge in [-0.1, -0.05) is 11.6 Å². The molecule has 1 aromatic heterocycles. The van der Waals surface area contributed by atoms with Gasteiger partial charge in [-0.15, -0.1) is 11.6 Å². The van der Waals surface area contributed by atoms with Crippen LogP contribution in [0.5, 0.6) is 0 Å². The first kappa shape index (κ1) is 11.0. The zero-order chi connectivity index (χ0) is 10.8. The van der Waals surface area contributed by atoms with Crippen LogP contribution >= 0.6 is 23.2 Å². The number of aryl methyl sites for hydroxylation is 1. The second-order valence-corrected chi connectivity index (χ2v) is 4.89. The minimum absolute atomic E-state index is 0.217. The van der Waals surface area contributed by atoms with Crippen LogP contribution in [0, 0.1) is 6.92 Å². The molecule has 1 N–H and O–H groups in total. The third-order valence-corrected chi connectivity index (χ3v) is 3.84. The van der Waals surface area contributed by atoms with Crippen LogP contribution in [0.3, 0.4) is 0 Å². The summed E-state index contributed by atoms with van der Waals surface area (Å²) in [6.45, 7) is 1.90.